The molecule has 2 aromatic carbocycles. The summed E-state index contributed by atoms with van der Waals surface area (Å²) in [5.74, 6) is -1.29. The first-order chi connectivity index (χ1) is 10.6. The monoisotopic (exact) mass is 319 g/mol. The largest absolute Gasteiger partial charge is 0.357 e. The standard InChI is InChI=1S/C16H15F2N3S/c1-21(16(22)19-10-12-5-3-2-4-6-12)20-11-13-7-8-14(17)9-15(13)18/h2-9,11H,10H2,1H3,(H,19,22)/b20-11-. The number of hydrazone groups is 1. The fraction of sp³-hybridized carbons (Fsp3) is 0.125. The SMILES string of the molecule is CN(/N=C\c1ccc(F)cc1F)C(=S)NCc1ccccc1. The van der Waals surface area contributed by atoms with Crippen LogP contribution in [-0.4, -0.2) is 23.4 Å². The summed E-state index contributed by atoms with van der Waals surface area (Å²) in [4.78, 5) is 0. The molecule has 0 bridgehead atoms. The molecular weight excluding hydrogens is 304 g/mol. The summed E-state index contributed by atoms with van der Waals surface area (Å²) in [6, 6.07) is 13.1. The molecule has 1 N–H and O–H groups in total. The van der Waals surface area contributed by atoms with Gasteiger partial charge in [-0.05, 0) is 29.9 Å². The lowest BCUT2D eigenvalue weighted by atomic mass is 10.2. The highest BCUT2D eigenvalue weighted by atomic mass is 32.1. The molecule has 6 heteroatoms. The van der Waals surface area contributed by atoms with Crippen molar-refractivity contribution >= 4 is 23.5 Å². The summed E-state index contributed by atoms with van der Waals surface area (Å²) in [5, 5.41) is 8.91. The highest BCUT2D eigenvalue weighted by Gasteiger charge is 2.04. The second-order valence-electron chi connectivity index (χ2n) is 4.58. The van der Waals surface area contributed by atoms with Crippen LogP contribution < -0.4 is 5.32 Å². The molecule has 0 atom stereocenters. The second kappa shape index (κ2) is 7.61. The summed E-state index contributed by atoms with van der Waals surface area (Å²) in [6.07, 6.45) is 1.30. The lowest BCUT2D eigenvalue weighted by Gasteiger charge is -2.15. The summed E-state index contributed by atoms with van der Waals surface area (Å²) < 4.78 is 26.3. The highest BCUT2D eigenvalue weighted by Crippen LogP contribution is 2.07. The average Bonchev–Trinajstić information content (AvgIpc) is 2.52. The number of rotatable bonds is 4. The van der Waals surface area contributed by atoms with Crippen LogP contribution in [0.4, 0.5) is 8.78 Å². The predicted octanol–water partition coefficient (Wildman–Crippen LogP) is 3.31. The van der Waals surface area contributed by atoms with E-state index in [9.17, 15) is 8.78 Å². The quantitative estimate of drug-likeness (QED) is 0.532. The Hall–Kier alpha value is -2.34. The van der Waals surface area contributed by atoms with Gasteiger partial charge < -0.3 is 5.32 Å². The summed E-state index contributed by atoms with van der Waals surface area (Å²) >= 11 is 5.19. The van der Waals surface area contributed by atoms with E-state index in [1.807, 2.05) is 30.3 Å². The summed E-state index contributed by atoms with van der Waals surface area (Å²) in [7, 11) is 1.65. The summed E-state index contributed by atoms with van der Waals surface area (Å²) in [6.45, 7) is 0.574. The number of nitrogens with zero attached hydrogens (tertiary/aromatic N) is 2. The van der Waals surface area contributed by atoms with Crippen LogP contribution in [0.2, 0.25) is 0 Å². The zero-order chi connectivity index (χ0) is 15.9. The Bertz CT molecular complexity index is 674. The van der Waals surface area contributed by atoms with Crippen molar-refractivity contribution in [3.05, 3.63) is 71.3 Å². The van der Waals surface area contributed by atoms with Crippen LogP contribution in [0, 0.1) is 11.6 Å². The molecule has 0 unspecified atom stereocenters. The van der Waals surface area contributed by atoms with Crippen molar-refractivity contribution in [2.75, 3.05) is 7.05 Å². The molecule has 0 spiro atoms. The van der Waals surface area contributed by atoms with Gasteiger partial charge in [0.2, 0.25) is 0 Å². The van der Waals surface area contributed by atoms with Gasteiger partial charge in [-0.3, -0.25) is 0 Å². The van der Waals surface area contributed by atoms with Crippen molar-refractivity contribution in [3.63, 3.8) is 0 Å². The van der Waals surface area contributed by atoms with Gasteiger partial charge in [0.15, 0.2) is 5.11 Å². The second-order valence-corrected chi connectivity index (χ2v) is 4.97. The van der Waals surface area contributed by atoms with Gasteiger partial charge in [-0.2, -0.15) is 5.10 Å². The van der Waals surface area contributed by atoms with Gasteiger partial charge in [-0.25, -0.2) is 13.8 Å². The Kier molecular flexibility index (Phi) is 5.55. The molecule has 3 nitrogen and oxygen atoms in total. The Morgan fingerprint density at radius 2 is 1.95 bits per heavy atom. The topological polar surface area (TPSA) is 27.6 Å². The first-order valence-electron chi connectivity index (χ1n) is 6.61. The Balaban J connectivity index is 1.92. The number of nitrogens with one attached hydrogen (secondary N) is 1. The van der Waals surface area contributed by atoms with E-state index >= 15 is 0 Å². The molecule has 0 aliphatic carbocycles. The third-order valence-electron chi connectivity index (χ3n) is 2.91. The van der Waals surface area contributed by atoms with Gasteiger partial charge in [0.25, 0.3) is 0 Å². The summed E-state index contributed by atoms with van der Waals surface area (Å²) in [5.41, 5.74) is 1.28. The Morgan fingerprint density at radius 1 is 1.23 bits per heavy atom. The van der Waals surface area contributed by atoms with Crippen molar-refractivity contribution in [2.45, 2.75) is 6.54 Å². The van der Waals surface area contributed by atoms with E-state index in [1.54, 1.807) is 7.05 Å². The Morgan fingerprint density at radius 3 is 2.64 bits per heavy atom. The van der Waals surface area contributed by atoms with Crippen LogP contribution in [0.15, 0.2) is 53.6 Å². The van der Waals surface area contributed by atoms with Gasteiger partial charge in [0.05, 0.1) is 6.21 Å². The number of benzene rings is 2. The van der Waals surface area contributed by atoms with Crippen LogP contribution in [0.5, 0.6) is 0 Å². The Labute approximate surface area is 133 Å². The van der Waals surface area contributed by atoms with Crippen molar-refractivity contribution in [2.24, 2.45) is 5.10 Å². The fourth-order valence-corrected chi connectivity index (χ4v) is 1.81. The van der Waals surface area contributed by atoms with Crippen molar-refractivity contribution in [1.82, 2.24) is 10.3 Å². The van der Waals surface area contributed by atoms with Crippen LogP contribution in [0.3, 0.4) is 0 Å². The molecule has 0 aliphatic heterocycles. The lowest BCUT2D eigenvalue weighted by Crippen LogP contribution is -2.33. The first kappa shape index (κ1) is 16.0. The third-order valence-corrected chi connectivity index (χ3v) is 3.32. The van der Waals surface area contributed by atoms with E-state index in [1.165, 1.54) is 23.4 Å². The minimum atomic E-state index is -0.666. The van der Waals surface area contributed by atoms with Crippen molar-refractivity contribution in [1.29, 1.82) is 0 Å². The molecule has 0 aliphatic rings. The average molecular weight is 319 g/mol. The maximum absolute atomic E-state index is 13.5. The first-order valence-corrected chi connectivity index (χ1v) is 7.01. The molecular formula is C16H15F2N3S. The molecule has 2 aromatic rings. The van der Waals surface area contributed by atoms with Gasteiger partial charge >= 0.3 is 0 Å². The minimum absolute atomic E-state index is 0.194. The van der Waals surface area contributed by atoms with E-state index in [4.69, 9.17) is 12.2 Å². The van der Waals surface area contributed by atoms with Crippen LogP contribution >= 0.6 is 12.2 Å². The van der Waals surface area contributed by atoms with E-state index in [0.717, 1.165) is 11.6 Å². The minimum Gasteiger partial charge on any atom is -0.357 e. The van der Waals surface area contributed by atoms with Gasteiger partial charge in [-0.1, -0.05) is 30.3 Å². The van der Waals surface area contributed by atoms with E-state index in [-0.39, 0.29) is 5.56 Å². The third kappa shape index (κ3) is 4.60. The molecule has 0 fully saturated rings. The molecule has 0 heterocycles. The fourth-order valence-electron chi connectivity index (χ4n) is 1.70. The molecule has 2 rings (SSSR count). The van der Waals surface area contributed by atoms with Crippen molar-refractivity contribution < 1.29 is 8.78 Å². The normalized spacial score (nSPS) is 10.7. The zero-order valence-electron chi connectivity index (χ0n) is 12.0. The molecule has 0 saturated carbocycles. The van der Waals surface area contributed by atoms with E-state index < -0.39 is 11.6 Å². The number of thiocarbonyl (C=S) groups is 1. The molecule has 0 amide bonds. The van der Waals surface area contributed by atoms with Crippen LogP contribution in [0.1, 0.15) is 11.1 Å². The molecule has 114 valence electrons. The predicted molar refractivity (Wildman–Crippen MR) is 87.6 cm³/mol. The van der Waals surface area contributed by atoms with E-state index in [2.05, 4.69) is 10.4 Å². The molecule has 0 radical (unpaired) electrons. The number of halogens is 2. The molecule has 0 saturated heterocycles. The van der Waals surface area contributed by atoms with E-state index in [0.29, 0.717) is 11.7 Å². The maximum Gasteiger partial charge on any atom is 0.189 e. The van der Waals surface area contributed by atoms with Crippen LogP contribution in [0.25, 0.3) is 0 Å². The van der Waals surface area contributed by atoms with Crippen molar-refractivity contribution in [3.8, 4) is 0 Å². The maximum atomic E-state index is 13.5. The van der Waals surface area contributed by atoms with Gasteiger partial charge in [0, 0.05) is 25.2 Å². The molecule has 22 heavy (non-hydrogen) atoms. The number of hydrogen-bond donors (Lipinski definition) is 1. The van der Waals surface area contributed by atoms with Gasteiger partial charge in [-0.15, -0.1) is 0 Å². The van der Waals surface area contributed by atoms with Gasteiger partial charge in [0.1, 0.15) is 11.6 Å². The number of hydrogen-bond acceptors (Lipinski definition) is 2. The smallest absolute Gasteiger partial charge is 0.189 e. The zero-order valence-corrected chi connectivity index (χ0v) is 12.8. The van der Waals surface area contributed by atoms with Crippen LogP contribution in [-0.2, 0) is 6.54 Å². The lowest BCUT2D eigenvalue weighted by molar-refractivity contribution is 0.531. The highest BCUT2D eigenvalue weighted by molar-refractivity contribution is 7.80. The molecule has 0 aromatic heterocycles.